The van der Waals surface area contributed by atoms with E-state index in [-0.39, 0.29) is 5.56 Å². The molecule has 5 rings (SSSR count). The Kier molecular flexibility index (Phi) is 6.20. The van der Waals surface area contributed by atoms with Crippen molar-refractivity contribution in [2.45, 2.75) is 13.5 Å². The molecule has 0 saturated carbocycles. The molecule has 0 spiro atoms. The quantitative estimate of drug-likeness (QED) is 0.343. The number of aryl methyl sites for hydroxylation is 1. The van der Waals surface area contributed by atoms with Gasteiger partial charge in [0.2, 0.25) is 4.96 Å². The summed E-state index contributed by atoms with van der Waals surface area (Å²) in [6.45, 7) is 2.50. The summed E-state index contributed by atoms with van der Waals surface area (Å²) >= 11 is 1.29. The zero-order chi connectivity index (χ0) is 24.4. The maximum Gasteiger partial charge on any atom is 0.276 e. The number of benzene rings is 3. The van der Waals surface area contributed by atoms with Crippen LogP contribution in [0.15, 0.2) is 71.5 Å². The molecule has 176 valence electrons. The van der Waals surface area contributed by atoms with Gasteiger partial charge in [-0.3, -0.25) is 4.79 Å². The van der Waals surface area contributed by atoms with E-state index in [1.807, 2.05) is 48.5 Å². The molecule has 2 aromatic heterocycles. The van der Waals surface area contributed by atoms with E-state index < -0.39 is 0 Å². The minimum atomic E-state index is -0.187. The number of para-hydroxylation sites is 1. The van der Waals surface area contributed by atoms with Crippen LogP contribution in [0.4, 0.5) is 0 Å². The molecule has 8 heteroatoms. The lowest BCUT2D eigenvalue weighted by Crippen LogP contribution is -2.23. The highest BCUT2D eigenvalue weighted by atomic mass is 32.1. The van der Waals surface area contributed by atoms with E-state index in [4.69, 9.17) is 14.2 Å². The number of methoxy groups -OCH3 is 2. The van der Waals surface area contributed by atoms with Crippen molar-refractivity contribution in [3.05, 3.63) is 98.3 Å². The van der Waals surface area contributed by atoms with Crippen LogP contribution in [0.25, 0.3) is 22.4 Å². The summed E-state index contributed by atoms with van der Waals surface area (Å²) in [6, 6.07) is 21.3. The predicted octanol–water partition coefficient (Wildman–Crippen LogP) is 4.27. The van der Waals surface area contributed by atoms with E-state index >= 15 is 0 Å². The number of nitrogens with zero attached hydrogens (tertiary/aromatic N) is 3. The molecule has 0 unspecified atom stereocenters. The molecule has 7 nitrogen and oxygen atoms in total. The lowest BCUT2D eigenvalue weighted by molar-refractivity contribution is 0.305. The van der Waals surface area contributed by atoms with Crippen LogP contribution >= 0.6 is 11.3 Å². The van der Waals surface area contributed by atoms with Crippen LogP contribution in [0.1, 0.15) is 16.7 Å². The standard InChI is InChI=1S/C27H23N3O4S/c1-17-8-10-18(11-9-17)16-34-21-7-5-4-6-19(21)15-24-26(31)30-25(28-29-27(30)35-24)20-12-13-22(32-2)23(14-20)33-3/h4-15H,16H2,1-3H3/b24-15+. The number of thiazole rings is 1. The van der Waals surface area contributed by atoms with Crippen molar-refractivity contribution in [1.82, 2.24) is 14.6 Å². The van der Waals surface area contributed by atoms with Crippen molar-refractivity contribution in [2.24, 2.45) is 0 Å². The zero-order valence-electron chi connectivity index (χ0n) is 19.5. The van der Waals surface area contributed by atoms with Crippen molar-refractivity contribution < 1.29 is 14.2 Å². The Labute approximate surface area is 205 Å². The first-order chi connectivity index (χ1) is 17.1. The topological polar surface area (TPSA) is 75.0 Å². The lowest BCUT2D eigenvalue weighted by atomic mass is 10.1. The van der Waals surface area contributed by atoms with Crippen molar-refractivity contribution >= 4 is 22.4 Å². The Morgan fingerprint density at radius 2 is 1.69 bits per heavy atom. The van der Waals surface area contributed by atoms with Crippen molar-refractivity contribution in [1.29, 1.82) is 0 Å². The molecule has 0 aliphatic heterocycles. The number of ether oxygens (including phenoxy) is 3. The average Bonchev–Trinajstić information content (AvgIpc) is 3.44. The molecule has 0 aliphatic carbocycles. The molecule has 2 heterocycles. The number of rotatable bonds is 7. The molecular formula is C27H23N3O4S. The molecule has 0 saturated heterocycles. The fraction of sp³-hybridized carbons (Fsp3) is 0.148. The summed E-state index contributed by atoms with van der Waals surface area (Å²) in [5, 5.41) is 8.47. The number of hydrogen-bond acceptors (Lipinski definition) is 7. The van der Waals surface area contributed by atoms with Crippen molar-refractivity contribution in [3.8, 4) is 28.6 Å². The van der Waals surface area contributed by atoms with E-state index in [1.165, 1.54) is 21.3 Å². The molecule has 0 bridgehead atoms. The van der Waals surface area contributed by atoms with Gasteiger partial charge in [-0.15, -0.1) is 10.2 Å². The van der Waals surface area contributed by atoms with Crippen LogP contribution in [0.2, 0.25) is 0 Å². The van der Waals surface area contributed by atoms with Crippen LogP contribution in [0.5, 0.6) is 17.2 Å². The van der Waals surface area contributed by atoms with Crippen LogP contribution in [0, 0.1) is 6.92 Å². The number of fused-ring (bicyclic) bond motifs is 1. The van der Waals surface area contributed by atoms with Gasteiger partial charge < -0.3 is 14.2 Å². The van der Waals surface area contributed by atoms with Gasteiger partial charge in [0.15, 0.2) is 17.3 Å². The normalized spacial score (nSPS) is 11.7. The summed E-state index contributed by atoms with van der Waals surface area (Å²) in [5.41, 5.74) is 3.62. The highest BCUT2D eigenvalue weighted by Gasteiger charge is 2.16. The lowest BCUT2D eigenvalue weighted by Gasteiger charge is -2.09. The summed E-state index contributed by atoms with van der Waals surface area (Å²) < 4.78 is 18.9. The second-order valence-electron chi connectivity index (χ2n) is 7.94. The van der Waals surface area contributed by atoms with E-state index in [1.54, 1.807) is 26.4 Å². The van der Waals surface area contributed by atoms with E-state index in [0.29, 0.717) is 44.7 Å². The second kappa shape index (κ2) is 9.60. The average molecular weight is 486 g/mol. The maximum absolute atomic E-state index is 13.4. The van der Waals surface area contributed by atoms with Gasteiger partial charge in [-0.05, 0) is 42.8 Å². The maximum atomic E-state index is 13.4. The van der Waals surface area contributed by atoms with Gasteiger partial charge in [0.25, 0.3) is 5.56 Å². The third-order valence-electron chi connectivity index (χ3n) is 5.61. The Hall–Kier alpha value is -4.17. The Balaban J connectivity index is 1.51. The molecule has 0 fully saturated rings. The highest BCUT2D eigenvalue weighted by molar-refractivity contribution is 7.15. The van der Waals surface area contributed by atoms with Gasteiger partial charge in [0, 0.05) is 11.1 Å². The highest BCUT2D eigenvalue weighted by Crippen LogP contribution is 2.31. The third-order valence-corrected chi connectivity index (χ3v) is 6.57. The van der Waals surface area contributed by atoms with E-state index in [0.717, 1.165) is 11.1 Å². The van der Waals surface area contributed by atoms with Gasteiger partial charge in [-0.1, -0.05) is 59.4 Å². The summed E-state index contributed by atoms with van der Waals surface area (Å²) in [5.74, 6) is 2.30. The first-order valence-electron chi connectivity index (χ1n) is 11.0. The molecule has 5 aromatic rings. The summed E-state index contributed by atoms with van der Waals surface area (Å²) in [4.78, 5) is 13.9. The van der Waals surface area contributed by atoms with Gasteiger partial charge in [-0.25, -0.2) is 4.40 Å². The minimum Gasteiger partial charge on any atom is -0.493 e. The molecule has 0 N–H and O–H groups in total. The molecule has 3 aromatic carbocycles. The summed E-state index contributed by atoms with van der Waals surface area (Å²) in [7, 11) is 3.14. The SMILES string of the molecule is COc1ccc(-c2nnc3s/c(=C/c4ccccc4OCc4ccc(C)cc4)c(=O)n23)cc1OC. The van der Waals surface area contributed by atoms with Crippen molar-refractivity contribution in [2.75, 3.05) is 14.2 Å². The summed E-state index contributed by atoms with van der Waals surface area (Å²) in [6.07, 6.45) is 1.84. The van der Waals surface area contributed by atoms with Gasteiger partial charge in [0.1, 0.15) is 12.4 Å². The van der Waals surface area contributed by atoms with Gasteiger partial charge in [0.05, 0.1) is 18.8 Å². The Morgan fingerprint density at radius 1 is 0.914 bits per heavy atom. The Bertz CT molecular complexity index is 1610. The van der Waals surface area contributed by atoms with Gasteiger partial charge >= 0.3 is 0 Å². The van der Waals surface area contributed by atoms with Crippen LogP contribution in [-0.2, 0) is 6.61 Å². The fourth-order valence-electron chi connectivity index (χ4n) is 3.74. The molecule has 35 heavy (non-hydrogen) atoms. The third kappa shape index (κ3) is 4.48. The van der Waals surface area contributed by atoms with E-state index in [2.05, 4.69) is 29.3 Å². The molecule has 0 atom stereocenters. The second-order valence-corrected chi connectivity index (χ2v) is 8.95. The first kappa shape index (κ1) is 22.6. The van der Waals surface area contributed by atoms with E-state index in [9.17, 15) is 4.79 Å². The molecule has 0 radical (unpaired) electrons. The van der Waals surface area contributed by atoms with Crippen LogP contribution in [0.3, 0.4) is 0 Å². The fourth-order valence-corrected chi connectivity index (χ4v) is 4.65. The molecule has 0 amide bonds. The first-order valence-corrected chi connectivity index (χ1v) is 11.8. The minimum absolute atomic E-state index is 0.187. The van der Waals surface area contributed by atoms with Gasteiger partial charge in [-0.2, -0.15) is 0 Å². The largest absolute Gasteiger partial charge is 0.493 e. The number of hydrogen-bond donors (Lipinski definition) is 0. The monoisotopic (exact) mass is 485 g/mol. The molecular weight excluding hydrogens is 462 g/mol. The Morgan fingerprint density at radius 3 is 2.46 bits per heavy atom. The molecule has 0 aliphatic rings. The van der Waals surface area contributed by atoms with Crippen molar-refractivity contribution in [3.63, 3.8) is 0 Å². The smallest absolute Gasteiger partial charge is 0.276 e. The predicted molar refractivity (Wildman–Crippen MR) is 136 cm³/mol. The van der Waals surface area contributed by atoms with Crippen LogP contribution in [-0.4, -0.2) is 28.8 Å². The van der Waals surface area contributed by atoms with Crippen LogP contribution < -0.4 is 24.3 Å². The number of aromatic nitrogens is 3. The zero-order valence-corrected chi connectivity index (χ0v) is 20.3.